The van der Waals surface area contributed by atoms with E-state index in [0.29, 0.717) is 0 Å². The summed E-state index contributed by atoms with van der Waals surface area (Å²) >= 11 is 0. The lowest BCUT2D eigenvalue weighted by atomic mass is 10.0. The van der Waals surface area contributed by atoms with Gasteiger partial charge in [-0.3, -0.25) is 5.10 Å². The fourth-order valence-electron chi connectivity index (χ4n) is 4.59. The van der Waals surface area contributed by atoms with E-state index in [2.05, 4.69) is 62.2 Å². The van der Waals surface area contributed by atoms with Crippen LogP contribution in [-0.4, -0.2) is 31.7 Å². The van der Waals surface area contributed by atoms with Crippen molar-refractivity contribution in [3.05, 3.63) is 84.1 Å². The van der Waals surface area contributed by atoms with Crippen LogP contribution in [0, 0.1) is 0 Å². The predicted molar refractivity (Wildman–Crippen MR) is 142 cm³/mol. The molecule has 6 aromatic rings. The minimum Gasteiger partial charge on any atom is -0.456 e. The average Bonchev–Trinajstić information content (AvgIpc) is 3.61. The molecule has 7 rings (SSSR count). The van der Waals surface area contributed by atoms with Crippen LogP contribution in [0.5, 0.6) is 0 Å². The third kappa shape index (κ3) is 3.97. The summed E-state index contributed by atoms with van der Waals surface area (Å²) < 4.78 is 7.88. The van der Waals surface area contributed by atoms with Gasteiger partial charge in [-0.05, 0) is 66.6 Å². The molecule has 3 aromatic heterocycles. The molecule has 1 aliphatic heterocycles. The molecule has 1 aliphatic rings. The highest BCUT2D eigenvalue weighted by Gasteiger charge is 2.16. The maximum Gasteiger partial charge on any atom is 0.135 e. The molecule has 7 nitrogen and oxygen atoms in total. The van der Waals surface area contributed by atoms with Crippen LogP contribution in [0.25, 0.3) is 50.3 Å². The van der Waals surface area contributed by atoms with Gasteiger partial charge < -0.3 is 9.73 Å². The topological polar surface area (TPSA) is 84.6 Å². The van der Waals surface area contributed by atoms with Gasteiger partial charge in [-0.25, -0.2) is 4.68 Å². The minimum absolute atomic E-state index is 0. The first-order valence-electron chi connectivity index (χ1n) is 11.0. The largest absolute Gasteiger partial charge is 0.456 e. The molecular weight excluding hydrogens is 483 g/mol. The first-order chi connectivity index (χ1) is 16.3. The molecule has 0 saturated heterocycles. The van der Waals surface area contributed by atoms with Gasteiger partial charge in [0.05, 0.1) is 17.4 Å². The highest BCUT2D eigenvalue weighted by Crippen LogP contribution is 2.32. The van der Waals surface area contributed by atoms with Gasteiger partial charge in [-0.1, -0.05) is 29.5 Å². The van der Waals surface area contributed by atoms with Crippen LogP contribution in [0.1, 0.15) is 11.1 Å². The van der Waals surface area contributed by atoms with Gasteiger partial charge >= 0.3 is 0 Å². The van der Waals surface area contributed by atoms with Gasteiger partial charge in [0.25, 0.3) is 0 Å². The quantitative estimate of drug-likeness (QED) is 0.322. The summed E-state index contributed by atoms with van der Waals surface area (Å²) in [6, 6.07) is 22.7. The number of fused-ring (bicyclic) bond motifs is 3. The summed E-state index contributed by atoms with van der Waals surface area (Å²) in [7, 11) is 0. The van der Waals surface area contributed by atoms with Crippen LogP contribution in [0.4, 0.5) is 0 Å². The van der Waals surface area contributed by atoms with Crippen molar-refractivity contribution in [1.29, 1.82) is 0 Å². The second-order valence-corrected chi connectivity index (χ2v) is 8.41. The summed E-state index contributed by atoms with van der Waals surface area (Å²) in [6.45, 7) is 1.92. The molecule has 0 bridgehead atoms. The number of aromatic nitrogens is 5. The third-order valence-corrected chi connectivity index (χ3v) is 6.35. The molecule has 4 heterocycles. The molecule has 0 amide bonds. The van der Waals surface area contributed by atoms with Crippen molar-refractivity contribution in [2.24, 2.45) is 0 Å². The van der Waals surface area contributed by atoms with Crippen molar-refractivity contribution < 1.29 is 4.42 Å². The van der Waals surface area contributed by atoms with Crippen molar-refractivity contribution in [3.63, 3.8) is 0 Å². The molecule has 0 fully saturated rings. The van der Waals surface area contributed by atoms with Gasteiger partial charge in [0, 0.05) is 22.9 Å². The molecule has 35 heavy (non-hydrogen) atoms. The van der Waals surface area contributed by atoms with Crippen molar-refractivity contribution in [2.75, 3.05) is 6.54 Å². The number of nitrogens with one attached hydrogen (secondary N) is 2. The zero-order valence-electron chi connectivity index (χ0n) is 18.6. The van der Waals surface area contributed by atoms with E-state index in [4.69, 9.17) is 4.42 Å². The summed E-state index contributed by atoms with van der Waals surface area (Å²) in [5.41, 5.74) is 8.02. The van der Waals surface area contributed by atoms with Crippen molar-refractivity contribution in [1.82, 2.24) is 30.5 Å². The van der Waals surface area contributed by atoms with E-state index < -0.39 is 0 Å². The average molecular weight is 505 g/mol. The van der Waals surface area contributed by atoms with Crippen LogP contribution in [0.3, 0.4) is 0 Å². The second kappa shape index (κ2) is 9.19. The molecule has 176 valence electrons. The predicted octanol–water partition coefficient (Wildman–Crippen LogP) is 5.71. The molecule has 0 aliphatic carbocycles. The molecular formula is C26H22Cl2N6O. The Labute approximate surface area is 213 Å². The van der Waals surface area contributed by atoms with E-state index >= 15 is 0 Å². The lowest BCUT2D eigenvalue weighted by Gasteiger charge is -2.17. The monoisotopic (exact) mass is 504 g/mol. The van der Waals surface area contributed by atoms with E-state index in [-0.39, 0.29) is 24.8 Å². The normalized spacial score (nSPS) is 12.8. The highest BCUT2D eigenvalue weighted by molar-refractivity contribution is 5.95. The smallest absolute Gasteiger partial charge is 0.135 e. The highest BCUT2D eigenvalue weighted by atomic mass is 35.5. The van der Waals surface area contributed by atoms with Crippen molar-refractivity contribution >= 4 is 46.7 Å². The molecule has 9 heteroatoms. The van der Waals surface area contributed by atoms with E-state index in [1.165, 1.54) is 11.1 Å². The van der Waals surface area contributed by atoms with E-state index in [0.717, 1.165) is 69.8 Å². The van der Waals surface area contributed by atoms with Gasteiger partial charge in [-0.2, -0.15) is 5.10 Å². The molecule has 0 radical (unpaired) electrons. The first kappa shape index (κ1) is 23.1. The maximum atomic E-state index is 6.06. The molecule has 0 spiro atoms. The van der Waals surface area contributed by atoms with Crippen LogP contribution >= 0.6 is 24.8 Å². The standard InChI is InChI=1S/C26H20N6O.2ClH/c1-2-4-24-17(3-1)13-25(33-24)18-6-8-22-21(12-18)26(30-28-22)23-15-32(31-29-23)20-7-5-16-9-10-27-14-19(16)11-20;;/h1-8,11-13,15,27H,9-10,14H2,(H,28,30);2*1H. The number of halogens is 2. The number of hydrogen-bond acceptors (Lipinski definition) is 5. The summed E-state index contributed by atoms with van der Waals surface area (Å²) in [5.74, 6) is 0.830. The Kier molecular flexibility index (Phi) is 6.06. The Morgan fingerprint density at radius 3 is 2.74 bits per heavy atom. The minimum atomic E-state index is 0. The van der Waals surface area contributed by atoms with E-state index in [9.17, 15) is 0 Å². The SMILES string of the molecule is Cl.Cl.c1ccc2oc(-c3ccc4[nH]nc(-c5cn(-c6ccc7c(c6)CNCC7)nn5)c4c3)cc2c1. The van der Waals surface area contributed by atoms with Gasteiger partial charge in [0.2, 0.25) is 0 Å². The lowest BCUT2D eigenvalue weighted by molar-refractivity contribution is 0.631. The zero-order valence-corrected chi connectivity index (χ0v) is 20.2. The molecule has 0 atom stereocenters. The van der Waals surface area contributed by atoms with Gasteiger partial charge in [0.15, 0.2) is 0 Å². The Balaban J connectivity index is 0.00000127. The molecule has 0 saturated carbocycles. The number of furan rings is 1. The van der Waals surface area contributed by atoms with Crippen molar-refractivity contribution in [2.45, 2.75) is 13.0 Å². The number of H-pyrrole nitrogens is 1. The Morgan fingerprint density at radius 1 is 0.914 bits per heavy atom. The number of hydrogen-bond donors (Lipinski definition) is 2. The lowest BCUT2D eigenvalue weighted by Crippen LogP contribution is -2.23. The van der Waals surface area contributed by atoms with Crippen LogP contribution < -0.4 is 5.32 Å². The Bertz CT molecular complexity index is 1620. The summed E-state index contributed by atoms with van der Waals surface area (Å²) in [4.78, 5) is 0. The first-order valence-corrected chi connectivity index (χ1v) is 11.0. The summed E-state index contributed by atoms with van der Waals surface area (Å²) in [5, 5.41) is 22.0. The number of rotatable bonds is 3. The van der Waals surface area contributed by atoms with Gasteiger partial charge in [0.1, 0.15) is 22.7 Å². The second-order valence-electron chi connectivity index (χ2n) is 8.41. The summed E-state index contributed by atoms with van der Waals surface area (Å²) in [6.07, 6.45) is 2.99. The number of para-hydroxylation sites is 1. The zero-order chi connectivity index (χ0) is 21.8. The Morgan fingerprint density at radius 2 is 1.83 bits per heavy atom. The Hall–Kier alpha value is -3.65. The van der Waals surface area contributed by atoms with Crippen molar-refractivity contribution in [3.8, 4) is 28.4 Å². The van der Waals surface area contributed by atoms with Gasteiger partial charge in [-0.15, -0.1) is 29.9 Å². The fraction of sp³-hybridized carbons (Fsp3) is 0.115. The molecule has 3 aromatic carbocycles. The fourth-order valence-corrected chi connectivity index (χ4v) is 4.59. The number of benzene rings is 3. The number of nitrogens with zero attached hydrogens (tertiary/aromatic N) is 4. The van der Waals surface area contributed by atoms with E-state index in [1.54, 1.807) is 0 Å². The third-order valence-electron chi connectivity index (χ3n) is 6.35. The van der Waals surface area contributed by atoms with Crippen LogP contribution in [-0.2, 0) is 13.0 Å². The van der Waals surface area contributed by atoms with Crippen LogP contribution in [0.2, 0.25) is 0 Å². The molecule has 0 unspecified atom stereocenters. The molecule has 2 N–H and O–H groups in total. The maximum absolute atomic E-state index is 6.06. The van der Waals surface area contributed by atoms with Crippen LogP contribution in [0.15, 0.2) is 77.3 Å². The van der Waals surface area contributed by atoms with E-state index in [1.807, 2.05) is 41.2 Å². The number of aromatic amines is 1.